The van der Waals surface area contributed by atoms with Gasteiger partial charge in [-0.3, -0.25) is 4.79 Å². The van der Waals surface area contributed by atoms with Crippen molar-refractivity contribution >= 4 is 5.97 Å². The number of aliphatic hydroxyl groups is 1. The summed E-state index contributed by atoms with van der Waals surface area (Å²) in [5.74, 6) is -2.66. The van der Waals surface area contributed by atoms with E-state index in [1.165, 1.54) is 0 Å². The van der Waals surface area contributed by atoms with E-state index >= 15 is 0 Å². The minimum Gasteiger partial charge on any atom is -0.510 e. The van der Waals surface area contributed by atoms with Crippen LogP contribution in [0.25, 0.3) is 0 Å². The second-order valence-electron chi connectivity index (χ2n) is 2.99. The number of nitroso groups, excluding NO2 is 2. The first-order valence-electron chi connectivity index (χ1n) is 3.88. The lowest BCUT2D eigenvalue weighted by molar-refractivity contribution is -0.140. The van der Waals surface area contributed by atoms with E-state index in [1.54, 1.807) is 0 Å². The van der Waals surface area contributed by atoms with Crippen LogP contribution in [-0.4, -0.2) is 28.3 Å². The molecule has 0 saturated heterocycles. The minimum absolute atomic E-state index is 0.112. The number of carboxylic acids is 1. The predicted molar refractivity (Wildman–Crippen MR) is 45.6 cm³/mol. The Labute approximate surface area is 78.4 Å². The third kappa shape index (κ3) is 1.76. The summed E-state index contributed by atoms with van der Waals surface area (Å²) < 4.78 is 0. The zero-order valence-electron chi connectivity index (χ0n) is 7.03. The summed E-state index contributed by atoms with van der Waals surface area (Å²) in [4.78, 5) is 31.0. The van der Waals surface area contributed by atoms with Gasteiger partial charge in [0.25, 0.3) is 0 Å². The third-order valence-corrected chi connectivity index (χ3v) is 2.10. The van der Waals surface area contributed by atoms with Crippen LogP contribution in [0.15, 0.2) is 22.2 Å². The first-order chi connectivity index (χ1) is 6.60. The average Bonchev–Trinajstić information content (AvgIpc) is 2.16. The second kappa shape index (κ2) is 3.95. The van der Waals surface area contributed by atoms with E-state index in [1.807, 2.05) is 0 Å². The fourth-order valence-electron chi connectivity index (χ4n) is 1.36. The van der Waals surface area contributed by atoms with Crippen LogP contribution in [-0.2, 0) is 4.79 Å². The molecule has 1 aliphatic carbocycles. The zero-order chi connectivity index (χ0) is 10.7. The van der Waals surface area contributed by atoms with E-state index in [-0.39, 0.29) is 6.42 Å². The fourth-order valence-corrected chi connectivity index (χ4v) is 1.36. The Morgan fingerprint density at radius 3 is 2.50 bits per heavy atom. The van der Waals surface area contributed by atoms with Crippen molar-refractivity contribution in [2.24, 2.45) is 16.3 Å². The molecule has 3 atom stereocenters. The number of hydrogen-bond donors (Lipinski definition) is 2. The molecule has 0 radical (unpaired) electrons. The topological polar surface area (TPSA) is 116 Å². The van der Waals surface area contributed by atoms with Crippen molar-refractivity contribution in [2.45, 2.75) is 18.5 Å². The maximum absolute atomic E-state index is 10.5. The number of hydrogen-bond acceptors (Lipinski definition) is 6. The monoisotopic (exact) mass is 200 g/mol. The highest BCUT2D eigenvalue weighted by Gasteiger charge is 2.37. The lowest BCUT2D eigenvalue weighted by atomic mass is 9.88. The summed E-state index contributed by atoms with van der Waals surface area (Å²) >= 11 is 0. The number of nitrogens with zero attached hydrogens (tertiary/aromatic N) is 2. The molecule has 0 heterocycles. The van der Waals surface area contributed by atoms with E-state index in [0.29, 0.717) is 0 Å². The third-order valence-electron chi connectivity index (χ3n) is 2.10. The van der Waals surface area contributed by atoms with Crippen LogP contribution in [0.2, 0.25) is 0 Å². The SMILES string of the molecule is O=NC1CC(C(=O)O)C=C(O)[C@@H]1N=O. The van der Waals surface area contributed by atoms with Gasteiger partial charge in [0.05, 0.1) is 5.92 Å². The Morgan fingerprint density at radius 2 is 2.07 bits per heavy atom. The Kier molecular flexibility index (Phi) is 2.90. The number of aliphatic hydroxyl groups excluding tert-OH is 1. The molecule has 0 amide bonds. The van der Waals surface area contributed by atoms with E-state index < -0.39 is 29.7 Å². The summed E-state index contributed by atoms with van der Waals surface area (Å²) in [6, 6.07) is -2.35. The van der Waals surface area contributed by atoms with Gasteiger partial charge in [-0.1, -0.05) is 10.4 Å². The smallest absolute Gasteiger partial charge is 0.310 e. The van der Waals surface area contributed by atoms with Crippen molar-refractivity contribution in [3.05, 3.63) is 21.6 Å². The molecule has 0 saturated carbocycles. The van der Waals surface area contributed by atoms with E-state index in [2.05, 4.69) is 10.4 Å². The molecule has 0 aliphatic heterocycles. The van der Waals surface area contributed by atoms with E-state index in [0.717, 1.165) is 6.08 Å². The van der Waals surface area contributed by atoms with Crippen molar-refractivity contribution < 1.29 is 15.0 Å². The number of carbonyl (C=O) groups is 1. The molecule has 14 heavy (non-hydrogen) atoms. The highest BCUT2D eigenvalue weighted by molar-refractivity contribution is 5.72. The van der Waals surface area contributed by atoms with Gasteiger partial charge in [-0.25, -0.2) is 0 Å². The van der Waals surface area contributed by atoms with Crippen LogP contribution in [0.4, 0.5) is 0 Å². The Morgan fingerprint density at radius 1 is 1.43 bits per heavy atom. The molecule has 0 aromatic heterocycles. The van der Waals surface area contributed by atoms with Gasteiger partial charge in [0.15, 0.2) is 6.04 Å². The van der Waals surface area contributed by atoms with Crippen LogP contribution in [0.1, 0.15) is 6.42 Å². The molecule has 0 bridgehead atoms. The molecule has 0 aromatic carbocycles. The first-order valence-corrected chi connectivity index (χ1v) is 3.88. The number of rotatable bonds is 3. The Bertz CT molecular complexity index is 300. The lowest BCUT2D eigenvalue weighted by Gasteiger charge is -2.22. The van der Waals surface area contributed by atoms with Gasteiger partial charge in [0.1, 0.15) is 11.8 Å². The summed E-state index contributed by atoms with van der Waals surface area (Å²) in [6.45, 7) is 0. The van der Waals surface area contributed by atoms with Gasteiger partial charge in [0, 0.05) is 0 Å². The van der Waals surface area contributed by atoms with Crippen molar-refractivity contribution in [3.8, 4) is 0 Å². The van der Waals surface area contributed by atoms with Crippen LogP contribution >= 0.6 is 0 Å². The summed E-state index contributed by atoms with van der Waals surface area (Å²) in [6.07, 6.45) is 0.898. The number of carboxylic acid groups (broad SMARTS) is 1. The highest BCUT2D eigenvalue weighted by atomic mass is 16.4. The average molecular weight is 200 g/mol. The highest BCUT2D eigenvalue weighted by Crippen LogP contribution is 2.26. The maximum Gasteiger partial charge on any atom is 0.310 e. The van der Waals surface area contributed by atoms with Crippen molar-refractivity contribution in [3.63, 3.8) is 0 Å². The summed E-state index contributed by atoms with van der Waals surface area (Å²) in [5, 5.41) is 22.9. The normalized spacial score (nSPS) is 31.7. The second-order valence-corrected chi connectivity index (χ2v) is 2.99. The molecule has 0 fully saturated rings. The van der Waals surface area contributed by atoms with Crippen molar-refractivity contribution in [2.75, 3.05) is 0 Å². The molecular weight excluding hydrogens is 192 g/mol. The van der Waals surface area contributed by atoms with Crippen LogP contribution < -0.4 is 0 Å². The van der Waals surface area contributed by atoms with Gasteiger partial charge in [-0.15, -0.1) is 4.91 Å². The maximum atomic E-state index is 10.5. The molecule has 1 aliphatic rings. The minimum atomic E-state index is -1.25. The summed E-state index contributed by atoms with van der Waals surface area (Å²) in [5.41, 5.74) is 0. The molecule has 0 spiro atoms. The van der Waals surface area contributed by atoms with Gasteiger partial charge < -0.3 is 10.2 Å². The van der Waals surface area contributed by atoms with Crippen LogP contribution in [0, 0.1) is 15.7 Å². The lowest BCUT2D eigenvalue weighted by Crippen LogP contribution is -2.33. The number of aliphatic carboxylic acids is 1. The quantitative estimate of drug-likeness (QED) is 0.653. The molecule has 2 unspecified atom stereocenters. The van der Waals surface area contributed by atoms with Crippen molar-refractivity contribution in [1.82, 2.24) is 0 Å². The van der Waals surface area contributed by atoms with Gasteiger partial charge in [-0.2, -0.15) is 4.91 Å². The predicted octanol–water partition coefficient (Wildman–Crippen LogP) is 0.803. The molecule has 1 rings (SSSR count). The molecular formula is C7H8N2O5. The Balaban J connectivity index is 2.95. The van der Waals surface area contributed by atoms with E-state index in [9.17, 15) is 19.7 Å². The largest absolute Gasteiger partial charge is 0.510 e. The fraction of sp³-hybridized carbons (Fsp3) is 0.571. The standard InChI is InChI=1S/C7H8N2O5/c10-5-2-3(7(11)12)1-4(8-13)6(5)9-14/h2-4,6,10H,1H2,(H,11,12)/t3?,4?,6-/m1/s1. The van der Waals surface area contributed by atoms with Gasteiger partial charge in [-0.05, 0) is 12.5 Å². The Hall–Kier alpha value is -1.79. The molecule has 2 N–H and O–H groups in total. The van der Waals surface area contributed by atoms with Crippen LogP contribution in [0.3, 0.4) is 0 Å². The zero-order valence-corrected chi connectivity index (χ0v) is 7.03. The van der Waals surface area contributed by atoms with Gasteiger partial charge in [0.2, 0.25) is 0 Å². The van der Waals surface area contributed by atoms with E-state index in [4.69, 9.17) is 5.11 Å². The molecule has 7 heteroatoms. The van der Waals surface area contributed by atoms with Gasteiger partial charge >= 0.3 is 5.97 Å². The first kappa shape index (κ1) is 10.3. The van der Waals surface area contributed by atoms with Crippen molar-refractivity contribution in [1.29, 1.82) is 0 Å². The molecule has 7 nitrogen and oxygen atoms in total. The molecule has 0 aromatic rings. The van der Waals surface area contributed by atoms with Crippen LogP contribution in [0.5, 0.6) is 0 Å². The molecule has 76 valence electrons. The summed E-state index contributed by atoms with van der Waals surface area (Å²) in [7, 11) is 0.